The van der Waals surface area contributed by atoms with E-state index in [1.165, 1.54) is 0 Å². The van der Waals surface area contributed by atoms with Gasteiger partial charge in [0.2, 0.25) is 0 Å². The Kier molecular flexibility index (Phi) is 6.81. The Balaban J connectivity index is 1.42. The summed E-state index contributed by atoms with van der Waals surface area (Å²) in [7, 11) is 0. The van der Waals surface area contributed by atoms with E-state index in [2.05, 4.69) is 28.1 Å². The third kappa shape index (κ3) is 5.51. The Hall–Kier alpha value is -3.25. The van der Waals surface area contributed by atoms with E-state index in [1.807, 2.05) is 50.4 Å². The van der Waals surface area contributed by atoms with Crippen LogP contribution in [0.4, 0.5) is 0 Å². The molecule has 2 heterocycles. The third-order valence-corrected chi connectivity index (χ3v) is 5.78. The summed E-state index contributed by atoms with van der Waals surface area (Å²) in [6.07, 6.45) is 2.96. The zero-order valence-corrected chi connectivity index (χ0v) is 18.6. The summed E-state index contributed by atoms with van der Waals surface area (Å²) in [5.41, 5.74) is 5.38. The van der Waals surface area contributed by atoms with Crippen LogP contribution in [0.15, 0.2) is 54.7 Å². The number of carboxylic acids is 1. The summed E-state index contributed by atoms with van der Waals surface area (Å²) in [5, 5.41) is 8.98. The molecule has 0 aliphatic carbocycles. The maximum absolute atomic E-state index is 10.9. The fraction of sp³-hybridized carbons (Fsp3) is 0.346. The van der Waals surface area contributed by atoms with Crippen LogP contribution in [0.3, 0.4) is 0 Å². The van der Waals surface area contributed by atoms with Crippen LogP contribution in [0.1, 0.15) is 35.7 Å². The lowest BCUT2D eigenvalue weighted by atomic mass is 10.0. The van der Waals surface area contributed by atoms with Gasteiger partial charge in [0.25, 0.3) is 0 Å². The van der Waals surface area contributed by atoms with Gasteiger partial charge < -0.3 is 9.84 Å². The Labute approximate surface area is 188 Å². The highest BCUT2D eigenvalue weighted by atomic mass is 16.5. The largest absolute Gasteiger partial charge is 0.489 e. The van der Waals surface area contributed by atoms with Crippen molar-refractivity contribution in [2.75, 3.05) is 13.1 Å². The Morgan fingerprint density at radius 1 is 1.22 bits per heavy atom. The standard InChI is InChI=1S/C26H29N3O3/c1-18(12-25(30)31)15-29-11-10-23-22(16-29)14-27-26(28-23)21-8-9-24(19(2)13-21)32-17-20-6-4-3-5-7-20/h3-9,13-14,18H,10-12,15-17H2,1-2H3,(H,30,31). The second-order valence-electron chi connectivity index (χ2n) is 8.61. The van der Waals surface area contributed by atoms with Crippen LogP contribution in [0.2, 0.25) is 0 Å². The summed E-state index contributed by atoms with van der Waals surface area (Å²) < 4.78 is 5.99. The molecule has 166 valence electrons. The quantitative estimate of drug-likeness (QED) is 0.566. The third-order valence-electron chi connectivity index (χ3n) is 5.78. The highest BCUT2D eigenvalue weighted by Gasteiger charge is 2.21. The number of hydrogen-bond acceptors (Lipinski definition) is 5. The lowest BCUT2D eigenvalue weighted by Crippen LogP contribution is -2.35. The molecule has 6 nitrogen and oxygen atoms in total. The highest BCUT2D eigenvalue weighted by Crippen LogP contribution is 2.27. The van der Waals surface area contributed by atoms with E-state index in [9.17, 15) is 4.79 Å². The van der Waals surface area contributed by atoms with Crippen molar-refractivity contribution in [3.8, 4) is 17.1 Å². The molecule has 6 heteroatoms. The second-order valence-corrected chi connectivity index (χ2v) is 8.61. The van der Waals surface area contributed by atoms with Crippen LogP contribution in [-0.2, 0) is 24.4 Å². The second kappa shape index (κ2) is 9.92. The first-order valence-electron chi connectivity index (χ1n) is 11.0. The molecule has 3 aromatic rings. The molecule has 1 unspecified atom stereocenters. The molecule has 0 saturated heterocycles. The van der Waals surface area contributed by atoms with Crippen molar-refractivity contribution in [3.63, 3.8) is 0 Å². The number of aromatic nitrogens is 2. The number of rotatable bonds is 8. The first-order chi connectivity index (χ1) is 15.5. The molecule has 1 N–H and O–H groups in total. The van der Waals surface area contributed by atoms with Gasteiger partial charge in [-0.3, -0.25) is 9.69 Å². The van der Waals surface area contributed by atoms with E-state index in [0.717, 1.165) is 65.6 Å². The minimum absolute atomic E-state index is 0.125. The van der Waals surface area contributed by atoms with Crippen LogP contribution >= 0.6 is 0 Å². The maximum Gasteiger partial charge on any atom is 0.303 e. The molecule has 0 radical (unpaired) electrons. The Bertz CT molecular complexity index is 1080. The highest BCUT2D eigenvalue weighted by molar-refractivity contribution is 5.67. The van der Waals surface area contributed by atoms with Crippen molar-refractivity contribution in [1.29, 1.82) is 0 Å². The number of benzene rings is 2. The molecular weight excluding hydrogens is 402 g/mol. The van der Waals surface area contributed by atoms with Gasteiger partial charge in [0, 0.05) is 49.8 Å². The molecule has 1 aliphatic heterocycles. The monoisotopic (exact) mass is 431 g/mol. The van der Waals surface area contributed by atoms with Gasteiger partial charge in [-0.05, 0) is 42.2 Å². The van der Waals surface area contributed by atoms with Gasteiger partial charge in [-0.15, -0.1) is 0 Å². The van der Waals surface area contributed by atoms with E-state index in [4.69, 9.17) is 14.8 Å². The van der Waals surface area contributed by atoms with Crippen LogP contribution in [-0.4, -0.2) is 39.0 Å². The van der Waals surface area contributed by atoms with Crippen LogP contribution < -0.4 is 4.74 Å². The van der Waals surface area contributed by atoms with Gasteiger partial charge in [-0.2, -0.15) is 0 Å². The van der Waals surface area contributed by atoms with Crippen LogP contribution in [0.25, 0.3) is 11.4 Å². The minimum atomic E-state index is -0.741. The van der Waals surface area contributed by atoms with Gasteiger partial charge in [-0.1, -0.05) is 37.3 Å². The number of ether oxygens (including phenoxy) is 1. The van der Waals surface area contributed by atoms with Crippen LogP contribution in [0, 0.1) is 12.8 Å². The molecule has 0 fully saturated rings. The number of hydrogen-bond donors (Lipinski definition) is 1. The van der Waals surface area contributed by atoms with E-state index in [-0.39, 0.29) is 12.3 Å². The van der Waals surface area contributed by atoms with Gasteiger partial charge in [0.1, 0.15) is 12.4 Å². The first-order valence-corrected chi connectivity index (χ1v) is 11.0. The fourth-order valence-corrected chi connectivity index (χ4v) is 4.16. The lowest BCUT2D eigenvalue weighted by Gasteiger charge is -2.29. The topological polar surface area (TPSA) is 75.6 Å². The summed E-state index contributed by atoms with van der Waals surface area (Å²) >= 11 is 0. The summed E-state index contributed by atoms with van der Waals surface area (Å²) in [4.78, 5) is 22.7. The molecular formula is C26H29N3O3. The molecule has 1 aliphatic rings. The van der Waals surface area contributed by atoms with Crippen molar-refractivity contribution in [3.05, 3.63) is 77.1 Å². The molecule has 32 heavy (non-hydrogen) atoms. The van der Waals surface area contributed by atoms with Crippen molar-refractivity contribution >= 4 is 5.97 Å². The summed E-state index contributed by atoms with van der Waals surface area (Å²) in [5.74, 6) is 0.977. The normalized spacial score (nSPS) is 14.6. The van der Waals surface area contributed by atoms with Crippen molar-refractivity contribution < 1.29 is 14.6 Å². The molecule has 4 rings (SSSR count). The summed E-state index contributed by atoms with van der Waals surface area (Å²) in [6, 6.07) is 16.2. The fourth-order valence-electron chi connectivity index (χ4n) is 4.16. The molecule has 0 saturated carbocycles. The van der Waals surface area contributed by atoms with E-state index < -0.39 is 5.97 Å². The van der Waals surface area contributed by atoms with Crippen molar-refractivity contribution in [2.45, 2.75) is 39.8 Å². The summed E-state index contributed by atoms with van der Waals surface area (Å²) in [6.45, 7) is 7.00. The van der Waals surface area contributed by atoms with Gasteiger partial charge in [-0.25, -0.2) is 9.97 Å². The predicted octanol–water partition coefficient (Wildman–Crippen LogP) is 4.50. The number of carbonyl (C=O) groups is 1. The van der Waals surface area contributed by atoms with Crippen molar-refractivity contribution in [1.82, 2.24) is 14.9 Å². The number of carboxylic acid groups (broad SMARTS) is 1. The molecule has 1 aromatic heterocycles. The zero-order valence-electron chi connectivity index (χ0n) is 18.6. The lowest BCUT2D eigenvalue weighted by molar-refractivity contribution is -0.138. The maximum atomic E-state index is 10.9. The molecule has 0 spiro atoms. The van der Waals surface area contributed by atoms with E-state index >= 15 is 0 Å². The number of aliphatic carboxylic acids is 1. The molecule has 0 bridgehead atoms. The van der Waals surface area contributed by atoms with Gasteiger partial charge >= 0.3 is 5.97 Å². The van der Waals surface area contributed by atoms with Crippen LogP contribution in [0.5, 0.6) is 5.75 Å². The zero-order chi connectivity index (χ0) is 22.5. The number of aryl methyl sites for hydroxylation is 1. The number of nitrogens with zero attached hydrogens (tertiary/aromatic N) is 3. The SMILES string of the molecule is Cc1cc(-c2ncc3c(n2)CCN(CC(C)CC(=O)O)C3)ccc1OCc1ccccc1. The van der Waals surface area contributed by atoms with E-state index in [0.29, 0.717) is 6.61 Å². The predicted molar refractivity (Wildman–Crippen MR) is 123 cm³/mol. The minimum Gasteiger partial charge on any atom is -0.489 e. The van der Waals surface area contributed by atoms with E-state index in [1.54, 1.807) is 0 Å². The smallest absolute Gasteiger partial charge is 0.303 e. The van der Waals surface area contributed by atoms with Crippen molar-refractivity contribution in [2.24, 2.45) is 5.92 Å². The van der Waals surface area contributed by atoms with Gasteiger partial charge in [0.15, 0.2) is 5.82 Å². The van der Waals surface area contributed by atoms with Gasteiger partial charge in [0.05, 0.1) is 5.69 Å². The molecule has 2 aromatic carbocycles. The Morgan fingerprint density at radius 3 is 2.78 bits per heavy atom. The molecule has 1 atom stereocenters. The average molecular weight is 432 g/mol. The average Bonchev–Trinajstić information content (AvgIpc) is 2.78. The number of fused-ring (bicyclic) bond motifs is 1. The first kappa shape index (κ1) is 22.0. The Morgan fingerprint density at radius 2 is 2.03 bits per heavy atom. The molecule has 0 amide bonds.